The van der Waals surface area contributed by atoms with Gasteiger partial charge in [-0.3, -0.25) is 9.59 Å². The summed E-state index contributed by atoms with van der Waals surface area (Å²) in [5.41, 5.74) is 0.967. The van der Waals surface area contributed by atoms with Gasteiger partial charge >= 0.3 is 0 Å². The second kappa shape index (κ2) is 3.85. The molecule has 1 heterocycles. The maximum Gasteiger partial charge on any atom is 0.232 e. The lowest BCUT2D eigenvalue weighted by Crippen LogP contribution is -2.59. The van der Waals surface area contributed by atoms with Gasteiger partial charge in [-0.2, -0.15) is 0 Å². The van der Waals surface area contributed by atoms with Crippen molar-refractivity contribution in [1.82, 2.24) is 5.32 Å². The predicted octanol–water partition coefficient (Wildman–Crippen LogP) is 0.933. The van der Waals surface area contributed by atoms with E-state index in [4.69, 9.17) is 0 Å². The molecule has 0 radical (unpaired) electrons. The fourth-order valence-corrected chi connectivity index (χ4v) is 1.86. The molecule has 0 aliphatic carbocycles. The molecule has 2 atom stereocenters. The zero-order valence-corrected chi connectivity index (χ0v) is 8.57. The third kappa shape index (κ3) is 1.91. The van der Waals surface area contributed by atoms with Gasteiger partial charge in [-0.15, -0.1) is 0 Å². The van der Waals surface area contributed by atoms with E-state index in [0.29, 0.717) is 6.42 Å². The molecule has 1 saturated heterocycles. The van der Waals surface area contributed by atoms with Crippen molar-refractivity contribution in [3.63, 3.8) is 0 Å². The molecule has 78 valence electrons. The van der Waals surface area contributed by atoms with E-state index in [-0.39, 0.29) is 17.7 Å². The van der Waals surface area contributed by atoms with Crippen molar-refractivity contribution in [2.45, 2.75) is 19.4 Å². The van der Waals surface area contributed by atoms with Crippen molar-refractivity contribution in [2.75, 3.05) is 0 Å². The first-order valence-electron chi connectivity index (χ1n) is 5.05. The molecule has 1 N–H and O–H groups in total. The van der Waals surface area contributed by atoms with E-state index < -0.39 is 5.92 Å². The summed E-state index contributed by atoms with van der Waals surface area (Å²) in [5.74, 6) is -0.564. The van der Waals surface area contributed by atoms with E-state index >= 15 is 0 Å². The van der Waals surface area contributed by atoms with Gasteiger partial charge in [0, 0.05) is 12.5 Å². The van der Waals surface area contributed by atoms with Gasteiger partial charge in [-0.05, 0) is 12.5 Å². The van der Waals surface area contributed by atoms with Gasteiger partial charge in [0.1, 0.15) is 5.92 Å². The standard InChI is InChI=1S/C12H13NO2/c1-8-11(12(15)13-8)10(14)7-9-5-3-2-4-6-9/h2-6,8,11H,7H2,1H3,(H,13,15)/t8-,11-/m0/s1. The van der Waals surface area contributed by atoms with Crippen LogP contribution in [0.3, 0.4) is 0 Å². The predicted molar refractivity (Wildman–Crippen MR) is 56.2 cm³/mol. The van der Waals surface area contributed by atoms with Crippen molar-refractivity contribution >= 4 is 11.7 Å². The summed E-state index contributed by atoms with van der Waals surface area (Å²) >= 11 is 0. The maximum absolute atomic E-state index is 11.8. The molecular formula is C12H13NO2. The molecule has 1 fully saturated rings. The Morgan fingerprint density at radius 3 is 2.53 bits per heavy atom. The zero-order valence-electron chi connectivity index (χ0n) is 8.57. The van der Waals surface area contributed by atoms with Gasteiger partial charge in [0.15, 0.2) is 5.78 Å². The second-order valence-electron chi connectivity index (χ2n) is 3.90. The molecule has 0 bridgehead atoms. The Hall–Kier alpha value is -1.64. The minimum atomic E-state index is -0.440. The summed E-state index contributed by atoms with van der Waals surface area (Å²) in [6.45, 7) is 1.86. The largest absolute Gasteiger partial charge is 0.352 e. The van der Waals surface area contributed by atoms with E-state index in [1.54, 1.807) is 0 Å². The minimum Gasteiger partial charge on any atom is -0.352 e. The van der Waals surface area contributed by atoms with Gasteiger partial charge in [0.25, 0.3) is 0 Å². The molecule has 3 nitrogen and oxygen atoms in total. The third-order valence-corrected chi connectivity index (χ3v) is 2.72. The molecule has 1 aromatic carbocycles. The quantitative estimate of drug-likeness (QED) is 0.587. The van der Waals surface area contributed by atoms with Crippen molar-refractivity contribution in [1.29, 1.82) is 0 Å². The van der Waals surface area contributed by atoms with E-state index in [9.17, 15) is 9.59 Å². The molecule has 0 aromatic heterocycles. The maximum atomic E-state index is 11.8. The summed E-state index contributed by atoms with van der Waals surface area (Å²) in [6.07, 6.45) is 0.350. The number of benzene rings is 1. The van der Waals surface area contributed by atoms with Crippen molar-refractivity contribution in [3.8, 4) is 0 Å². The van der Waals surface area contributed by atoms with Crippen LogP contribution in [0.25, 0.3) is 0 Å². The third-order valence-electron chi connectivity index (χ3n) is 2.72. The summed E-state index contributed by atoms with van der Waals surface area (Å²) in [5, 5.41) is 2.66. The number of nitrogens with one attached hydrogen (secondary N) is 1. The first-order valence-corrected chi connectivity index (χ1v) is 5.05. The van der Waals surface area contributed by atoms with Gasteiger partial charge < -0.3 is 5.32 Å². The highest BCUT2D eigenvalue weighted by Gasteiger charge is 2.40. The average molecular weight is 203 g/mol. The number of carbonyl (C=O) groups is 2. The van der Waals surface area contributed by atoms with Crippen molar-refractivity contribution < 1.29 is 9.59 Å². The molecular weight excluding hydrogens is 190 g/mol. The van der Waals surface area contributed by atoms with Crippen LogP contribution in [0, 0.1) is 5.92 Å². The smallest absolute Gasteiger partial charge is 0.232 e. The van der Waals surface area contributed by atoms with Crippen LogP contribution in [-0.2, 0) is 16.0 Å². The van der Waals surface area contributed by atoms with Gasteiger partial charge in [0.2, 0.25) is 5.91 Å². The number of carbonyl (C=O) groups excluding carboxylic acids is 2. The molecule has 0 saturated carbocycles. The fraction of sp³-hybridized carbons (Fsp3) is 0.333. The Balaban J connectivity index is 2.01. The highest BCUT2D eigenvalue weighted by molar-refractivity contribution is 6.07. The Morgan fingerprint density at radius 1 is 1.33 bits per heavy atom. The molecule has 0 unspecified atom stereocenters. The van der Waals surface area contributed by atoms with Crippen LogP contribution in [0.15, 0.2) is 30.3 Å². The number of hydrogen-bond acceptors (Lipinski definition) is 2. The Morgan fingerprint density at radius 2 is 2.00 bits per heavy atom. The van der Waals surface area contributed by atoms with Gasteiger partial charge in [-0.25, -0.2) is 0 Å². The summed E-state index contributed by atoms with van der Waals surface area (Å²) in [6, 6.07) is 9.50. The lowest BCUT2D eigenvalue weighted by Gasteiger charge is -2.32. The first kappa shape index (κ1) is 9.90. The first-order chi connectivity index (χ1) is 7.18. The Bertz CT molecular complexity index is 386. The SMILES string of the molecule is C[C@@H]1NC(=O)[C@@H]1C(=O)Cc1ccccc1. The molecule has 3 heteroatoms. The topological polar surface area (TPSA) is 46.2 Å². The number of ketones is 1. The van der Waals surface area contributed by atoms with Crippen LogP contribution in [0.2, 0.25) is 0 Å². The van der Waals surface area contributed by atoms with Crippen LogP contribution in [0.1, 0.15) is 12.5 Å². The number of amides is 1. The van der Waals surface area contributed by atoms with Crippen LogP contribution >= 0.6 is 0 Å². The highest BCUT2D eigenvalue weighted by Crippen LogP contribution is 2.17. The van der Waals surface area contributed by atoms with Gasteiger partial charge in [0.05, 0.1) is 0 Å². The van der Waals surface area contributed by atoms with Gasteiger partial charge in [-0.1, -0.05) is 30.3 Å². The van der Waals surface area contributed by atoms with E-state index in [1.807, 2.05) is 37.3 Å². The van der Waals surface area contributed by atoms with E-state index in [2.05, 4.69) is 5.32 Å². The lowest BCUT2D eigenvalue weighted by molar-refractivity contribution is -0.142. The zero-order chi connectivity index (χ0) is 10.8. The van der Waals surface area contributed by atoms with Crippen LogP contribution in [0.5, 0.6) is 0 Å². The molecule has 15 heavy (non-hydrogen) atoms. The molecule has 2 rings (SSSR count). The lowest BCUT2D eigenvalue weighted by atomic mass is 9.85. The monoisotopic (exact) mass is 203 g/mol. The molecule has 0 spiro atoms. The van der Waals surface area contributed by atoms with Crippen molar-refractivity contribution in [2.24, 2.45) is 5.92 Å². The Labute approximate surface area is 88.5 Å². The normalized spacial score (nSPS) is 24.2. The second-order valence-corrected chi connectivity index (χ2v) is 3.90. The van der Waals surface area contributed by atoms with Crippen molar-refractivity contribution in [3.05, 3.63) is 35.9 Å². The average Bonchev–Trinajstić information content (AvgIpc) is 2.18. The minimum absolute atomic E-state index is 0.00582. The summed E-state index contributed by atoms with van der Waals surface area (Å²) < 4.78 is 0. The summed E-state index contributed by atoms with van der Waals surface area (Å²) in [4.78, 5) is 22.9. The molecule has 1 amide bonds. The van der Waals surface area contributed by atoms with Crippen LogP contribution in [-0.4, -0.2) is 17.7 Å². The van der Waals surface area contributed by atoms with E-state index in [1.165, 1.54) is 0 Å². The fourth-order valence-electron chi connectivity index (χ4n) is 1.86. The summed E-state index contributed by atoms with van der Waals surface area (Å²) in [7, 11) is 0. The Kier molecular flexibility index (Phi) is 2.54. The molecule has 1 aliphatic rings. The number of rotatable bonds is 3. The molecule has 1 aliphatic heterocycles. The molecule has 1 aromatic rings. The number of Topliss-reactive ketones (excluding diaryl/α,β-unsaturated/α-hetero) is 1. The van der Waals surface area contributed by atoms with E-state index in [0.717, 1.165) is 5.56 Å². The number of hydrogen-bond donors (Lipinski definition) is 1. The van der Waals surface area contributed by atoms with Crippen LogP contribution < -0.4 is 5.32 Å². The van der Waals surface area contributed by atoms with Crippen LogP contribution in [0.4, 0.5) is 0 Å². The number of β-lactam (4-membered cyclic amide) rings is 1. The highest BCUT2D eigenvalue weighted by atomic mass is 16.2.